The number of hydrazone groups is 1. The van der Waals surface area contributed by atoms with Crippen molar-refractivity contribution in [3.8, 4) is 17.2 Å². The topological polar surface area (TPSA) is 80.2 Å². The molecule has 0 aliphatic rings. The lowest BCUT2D eigenvalue weighted by molar-refractivity contribution is -0.123. The average Bonchev–Trinajstić information content (AvgIpc) is 2.57. The maximum Gasteiger partial charge on any atom is 0.277 e. The molecule has 0 atom stereocenters. The third-order valence-corrected chi connectivity index (χ3v) is 3.89. The summed E-state index contributed by atoms with van der Waals surface area (Å²) in [6.07, 6.45) is 1.39. The molecule has 0 radical (unpaired) electrons. The number of carbonyl (C=O) groups excluding carboxylic acids is 1. The van der Waals surface area contributed by atoms with E-state index >= 15 is 0 Å². The molecule has 0 bridgehead atoms. The highest BCUT2D eigenvalue weighted by atomic mass is 79.9. The number of rotatable bonds is 6. The smallest absolute Gasteiger partial charge is 0.277 e. The minimum atomic E-state index is -0.444. The maximum atomic E-state index is 11.7. The number of phenolic OH excluding ortho intramolecular Hbond substituents is 1. The number of amides is 1. The molecule has 8 heteroatoms. The zero-order valence-corrected chi connectivity index (χ0v) is 15.0. The van der Waals surface area contributed by atoms with Crippen LogP contribution in [0.2, 0.25) is 5.02 Å². The second-order valence-electron chi connectivity index (χ2n) is 4.56. The van der Waals surface area contributed by atoms with Gasteiger partial charge in [0.1, 0.15) is 5.75 Å². The van der Waals surface area contributed by atoms with Gasteiger partial charge in [-0.05, 0) is 40.2 Å². The summed E-state index contributed by atoms with van der Waals surface area (Å²) in [5.74, 6) is 0.271. The number of para-hydroxylation sites is 1. The summed E-state index contributed by atoms with van der Waals surface area (Å²) < 4.78 is 10.9. The van der Waals surface area contributed by atoms with Crippen LogP contribution in [0.15, 0.2) is 46.0 Å². The van der Waals surface area contributed by atoms with E-state index in [1.807, 2.05) is 0 Å². The van der Waals surface area contributed by atoms with Gasteiger partial charge in [-0.15, -0.1) is 0 Å². The molecule has 24 heavy (non-hydrogen) atoms. The fraction of sp³-hybridized carbons (Fsp3) is 0.125. The van der Waals surface area contributed by atoms with E-state index in [1.165, 1.54) is 19.4 Å². The van der Waals surface area contributed by atoms with Gasteiger partial charge < -0.3 is 14.6 Å². The predicted octanol–water partition coefficient (Wildman–Crippen LogP) is 3.35. The Morgan fingerprint density at radius 3 is 2.83 bits per heavy atom. The molecule has 0 saturated heterocycles. The van der Waals surface area contributed by atoms with Crippen LogP contribution in [0, 0.1) is 0 Å². The highest BCUT2D eigenvalue weighted by molar-refractivity contribution is 9.10. The molecule has 0 aliphatic heterocycles. The zero-order valence-electron chi connectivity index (χ0n) is 12.6. The van der Waals surface area contributed by atoms with E-state index in [-0.39, 0.29) is 12.4 Å². The first-order valence-corrected chi connectivity index (χ1v) is 7.94. The number of carbonyl (C=O) groups is 1. The summed E-state index contributed by atoms with van der Waals surface area (Å²) in [5.41, 5.74) is 2.89. The van der Waals surface area contributed by atoms with Crippen LogP contribution >= 0.6 is 27.5 Å². The SMILES string of the molecule is COc1cc(Br)c(/C=N\NC(=O)COc2ccccc2Cl)cc1O. The summed E-state index contributed by atoms with van der Waals surface area (Å²) in [6, 6.07) is 9.90. The van der Waals surface area contributed by atoms with Crippen molar-refractivity contribution < 1.29 is 19.4 Å². The summed E-state index contributed by atoms with van der Waals surface area (Å²) in [5, 5.41) is 14.0. The number of nitrogens with one attached hydrogen (secondary N) is 1. The van der Waals surface area contributed by atoms with E-state index in [9.17, 15) is 9.90 Å². The number of aromatic hydroxyl groups is 1. The van der Waals surface area contributed by atoms with E-state index in [2.05, 4.69) is 26.5 Å². The van der Waals surface area contributed by atoms with Crippen LogP contribution in [0.1, 0.15) is 5.56 Å². The number of methoxy groups -OCH3 is 1. The number of hydrogen-bond acceptors (Lipinski definition) is 5. The van der Waals surface area contributed by atoms with Crippen LogP contribution in [-0.4, -0.2) is 30.9 Å². The van der Waals surface area contributed by atoms with E-state index in [0.29, 0.717) is 26.6 Å². The third kappa shape index (κ3) is 4.87. The number of phenols is 1. The Morgan fingerprint density at radius 1 is 1.38 bits per heavy atom. The maximum absolute atomic E-state index is 11.7. The quantitative estimate of drug-likeness (QED) is 0.562. The molecular formula is C16H14BrClN2O4. The van der Waals surface area contributed by atoms with Crippen molar-refractivity contribution in [2.24, 2.45) is 5.10 Å². The van der Waals surface area contributed by atoms with Crippen molar-refractivity contribution >= 4 is 39.7 Å². The molecule has 2 aromatic rings. The number of ether oxygens (including phenoxy) is 2. The number of nitrogens with zero attached hydrogens (tertiary/aromatic N) is 1. The third-order valence-electron chi connectivity index (χ3n) is 2.89. The monoisotopic (exact) mass is 412 g/mol. The van der Waals surface area contributed by atoms with Crippen LogP contribution in [0.3, 0.4) is 0 Å². The second kappa shape index (κ2) is 8.56. The Labute approximate surface area is 152 Å². The first-order chi connectivity index (χ1) is 11.5. The second-order valence-corrected chi connectivity index (χ2v) is 5.82. The Hall–Kier alpha value is -2.25. The van der Waals surface area contributed by atoms with Crippen LogP contribution in [-0.2, 0) is 4.79 Å². The Bertz CT molecular complexity index is 768. The van der Waals surface area contributed by atoms with Gasteiger partial charge in [0.15, 0.2) is 18.1 Å². The van der Waals surface area contributed by atoms with Crippen molar-refractivity contribution in [2.75, 3.05) is 13.7 Å². The van der Waals surface area contributed by atoms with E-state index < -0.39 is 5.91 Å². The van der Waals surface area contributed by atoms with E-state index in [1.54, 1.807) is 30.3 Å². The lowest BCUT2D eigenvalue weighted by Gasteiger charge is -2.07. The van der Waals surface area contributed by atoms with Gasteiger partial charge in [-0.3, -0.25) is 4.79 Å². The molecule has 0 aliphatic carbocycles. The molecule has 6 nitrogen and oxygen atoms in total. The van der Waals surface area contributed by atoms with Gasteiger partial charge in [-0.25, -0.2) is 5.43 Å². The molecule has 0 saturated carbocycles. The van der Waals surface area contributed by atoms with Gasteiger partial charge in [0.05, 0.1) is 18.3 Å². The minimum Gasteiger partial charge on any atom is -0.504 e. The molecule has 2 aromatic carbocycles. The Morgan fingerprint density at radius 2 is 2.12 bits per heavy atom. The lowest BCUT2D eigenvalue weighted by atomic mass is 10.2. The average molecular weight is 414 g/mol. The van der Waals surface area contributed by atoms with Crippen molar-refractivity contribution in [2.45, 2.75) is 0 Å². The molecule has 126 valence electrons. The standard InChI is InChI=1S/C16H14BrClN2O4/c1-23-15-7-11(17)10(6-13(15)21)8-19-20-16(22)9-24-14-5-3-2-4-12(14)18/h2-8,21H,9H2,1H3,(H,20,22)/b19-8-. The summed E-state index contributed by atoms with van der Waals surface area (Å²) in [6.45, 7) is -0.226. The van der Waals surface area contributed by atoms with E-state index in [0.717, 1.165) is 0 Å². The van der Waals surface area contributed by atoms with Crippen LogP contribution in [0.4, 0.5) is 0 Å². The fourth-order valence-electron chi connectivity index (χ4n) is 1.73. The molecule has 2 rings (SSSR count). The number of halogens is 2. The minimum absolute atomic E-state index is 0.0319. The van der Waals surface area contributed by atoms with Gasteiger partial charge in [-0.2, -0.15) is 5.10 Å². The number of hydrogen-bond donors (Lipinski definition) is 2. The van der Waals surface area contributed by atoms with Crippen LogP contribution in [0.25, 0.3) is 0 Å². The molecule has 0 spiro atoms. The first-order valence-electron chi connectivity index (χ1n) is 6.77. The molecular weight excluding hydrogens is 400 g/mol. The molecule has 0 fully saturated rings. The van der Waals surface area contributed by atoms with Crippen LogP contribution in [0.5, 0.6) is 17.2 Å². The zero-order chi connectivity index (χ0) is 17.5. The normalized spacial score (nSPS) is 10.6. The van der Waals surface area contributed by atoms with Crippen molar-refractivity contribution in [3.63, 3.8) is 0 Å². The van der Waals surface area contributed by atoms with Gasteiger partial charge >= 0.3 is 0 Å². The van der Waals surface area contributed by atoms with Crippen molar-refractivity contribution in [1.82, 2.24) is 5.43 Å². The summed E-state index contributed by atoms with van der Waals surface area (Å²) in [7, 11) is 1.45. The predicted molar refractivity (Wildman–Crippen MR) is 95.0 cm³/mol. The largest absolute Gasteiger partial charge is 0.504 e. The van der Waals surface area contributed by atoms with Gasteiger partial charge in [0.25, 0.3) is 5.91 Å². The fourth-order valence-corrected chi connectivity index (χ4v) is 2.35. The summed E-state index contributed by atoms with van der Waals surface area (Å²) >= 11 is 9.25. The molecule has 1 amide bonds. The van der Waals surface area contributed by atoms with Gasteiger partial charge in [0.2, 0.25) is 0 Å². The molecule has 0 heterocycles. The Balaban J connectivity index is 1.91. The van der Waals surface area contributed by atoms with E-state index in [4.69, 9.17) is 21.1 Å². The number of benzene rings is 2. The van der Waals surface area contributed by atoms with Crippen molar-refractivity contribution in [1.29, 1.82) is 0 Å². The summed E-state index contributed by atoms with van der Waals surface area (Å²) in [4.78, 5) is 11.7. The Kier molecular flexibility index (Phi) is 6.45. The lowest BCUT2D eigenvalue weighted by Crippen LogP contribution is -2.24. The molecule has 0 unspecified atom stereocenters. The molecule has 2 N–H and O–H groups in total. The van der Waals surface area contributed by atoms with Gasteiger partial charge in [-0.1, -0.05) is 23.7 Å². The van der Waals surface area contributed by atoms with Crippen molar-refractivity contribution in [3.05, 3.63) is 51.5 Å². The highest BCUT2D eigenvalue weighted by Gasteiger charge is 2.07. The first kappa shape index (κ1) is 18.1. The van der Waals surface area contributed by atoms with Crippen LogP contribution < -0.4 is 14.9 Å². The molecule has 0 aromatic heterocycles. The van der Waals surface area contributed by atoms with Gasteiger partial charge in [0, 0.05) is 10.0 Å². The highest BCUT2D eigenvalue weighted by Crippen LogP contribution is 2.31.